The molecule has 1 unspecified atom stereocenters. The third-order valence-corrected chi connectivity index (χ3v) is 8.95. The van der Waals surface area contributed by atoms with Crippen LogP contribution in [0.2, 0.25) is 0 Å². The van der Waals surface area contributed by atoms with Crippen molar-refractivity contribution in [2.24, 2.45) is 0 Å². The van der Waals surface area contributed by atoms with E-state index in [2.05, 4.69) is 19.2 Å². The largest absolute Gasteiger partial charge is 0.523 e. The van der Waals surface area contributed by atoms with Gasteiger partial charge in [0.15, 0.2) is 0 Å². The fraction of sp³-hybridized carbons (Fsp3) is 0.957. The van der Waals surface area contributed by atoms with E-state index in [1.807, 2.05) is 11.8 Å². The number of hydrogen-bond acceptors (Lipinski definition) is 4. The Kier molecular flexibility index (Phi) is 18.7. The van der Waals surface area contributed by atoms with E-state index in [0.717, 1.165) is 25.9 Å². The average molecular weight is 447 g/mol. The van der Waals surface area contributed by atoms with Gasteiger partial charge < -0.3 is 23.5 Å². The third kappa shape index (κ3) is 11.7. The Hall–Kier alpha value is -0.633. The minimum absolute atomic E-state index is 0.0213. The van der Waals surface area contributed by atoms with Crippen LogP contribution in [0.5, 0.6) is 0 Å². The summed E-state index contributed by atoms with van der Waals surface area (Å²) in [5, 5.41) is 3.16. The van der Waals surface area contributed by atoms with Crippen molar-refractivity contribution in [1.29, 1.82) is 0 Å². The topological polar surface area (TPSA) is 60.0 Å². The standard InChI is InChI=1S/C23H50N2O4Si/c1-7-10-12-14-16-18-20-25(21-19-17-15-13-11-8-2)23(26)24-22(9-3)30(27-4,28-5)29-6/h22H,7-21H2,1-6H3,(H,24,26). The van der Waals surface area contributed by atoms with Crippen LogP contribution in [0.3, 0.4) is 0 Å². The van der Waals surface area contributed by atoms with Crippen molar-refractivity contribution >= 4 is 14.8 Å². The Labute approximate surface area is 187 Å². The molecule has 0 bridgehead atoms. The van der Waals surface area contributed by atoms with E-state index < -0.39 is 8.80 Å². The zero-order valence-corrected chi connectivity index (χ0v) is 21.8. The van der Waals surface area contributed by atoms with E-state index in [-0.39, 0.29) is 11.7 Å². The first kappa shape index (κ1) is 29.4. The van der Waals surface area contributed by atoms with Crippen LogP contribution in [0.15, 0.2) is 0 Å². The van der Waals surface area contributed by atoms with E-state index >= 15 is 0 Å². The highest BCUT2D eigenvalue weighted by atomic mass is 28.4. The second-order valence-electron chi connectivity index (χ2n) is 8.15. The number of nitrogens with zero attached hydrogens (tertiary/aromatic N) is 1. The summed E-state index contributed by atoms with van der Waals surface area (Å²) in [4.78, 5) is 15.1. The van der Waals surface area contributed by atoms with Crippen molar-refractivity contribution in [3.63, 3.8) is 0 Å². The van der Waals surface area contributed by atoms with Crippen LogP contribution in [0.1, 0.15) is 104 Å². The van der Waals surface area contributed by atoms with Crippen molar-refractivity contribution in [3.05, 3.63) is 0 Å². The number of hydrogen-bond donors (Lipinski definition) is 1. The molecule has 0 aromatic carbocycles. The lowest BCUT2D eigenvalue weighted by atomic mass is 10.1. The highest BCUT2D eigenvalue weighted by Gasteiger charge is 2.47. The van der Waals surface area contributed by atoms with Crippen LogP contribution < -0.4 is 5.32 Å². The molecule has 0 rings (SSSR count). The molecule has 30 heavy (non-hydrogen) atoms. The molecule has 0 spiro atoms. The highest BCUT2D eigenvalue weighted by molar-refractivity contribution is 6.62. The normalized spacial score (nSPS) is 12.7. The van der Waals surface area contributed by atoms with Crippen LogP contribution in [0, 0.1) is 0 Å². The van der Waals surface area contributed by atoms with Crippen LogP contribution in [0.25, 0.3) is 0 Å². The van der Waals surface area contributed by atoms with Crippen molar-refractivity contribution in [1.82, 2.24) is 10.2 Å². The first-order valence-electron chi connectivity index (χ1n) is 12.3. The summed E-state index contributed by atoms with van der Waals surface area (Å²) in [5.74, 6) is 0. The Morgan fingerprint density at radius 2 is 1.13 bits per heavy atom. The number of carbonyl (C=O) groups is 1. The second-order valence-corrected chi connectivity index (χ2v) is 11.3. The van der Waals surface area contributed by atoms with Gasteiger partial charge >= 0.3 is 14.8 Å². The zero-order valence-electron chi connectivity index (χ0n) is 20.8. The van der Waals surface area contributed by atoms with Gasteiger partial charge in [-0.25, -0.2) is 4.79 Å². The molecule has 1 atom stereocenters. The van der Waals surface area contributed by atoms with Crippen molar-refractivity contribution in [2.75, 3.05) is 34.4 Å². The molecular formula is C23H50N2O4Si. The zero-order chi connectivity index (χ0) is 22.7. The number of nitrogens with one attached hydrogen (secondary N) is 1. The summed E-state index contributed by atoms with van der Waals surface area (Å²) < 4.78 is 16.8. The smallest absolute Gasteiger partial charge is 0.376 e. The van der Waals surface area contributed by atoms with Crippen molar-refractivity contribution in [3.8, 4) is 0 Å². The average Bonchev–Trinajstić information content (AvgIpc) is 2.77. The maximum absolute atomic E-state index is 13.1. The van der Waals surface area contributed by atoms with Crippen molar-refractivity contribution < 1.29 is 18.1 Å². The van der Waals surface area contributed by atoms with Gasteiger partial charge in [-0.3, -0.25) is 0 Å². The monoisotopic (exact) mass is 446 g/mol. The molecule has 1 N–H and O–H groups in total. The number of unbranched alkanes of at least 4 members (excludes halogenated alkanes) is 10. The molecular weight excluding hydrogens is 396 g/mol. The molecule has 0 aromatic rings. The SMILES string of the molecule is CCCCCCCCN(CCCCCCCC)C(=O)NC(CC)[Si](OC)(OC)OC. The van der Waals surface area contributed by atoms with Gasteiger partial charge in [-0.15, -0.1) is 0 Å². The fourth-order valence-electron chi connectivity index (χ4n) is 3.84. The molecule has 0 fully saturated rings. The van der Waals surface area contributed by atoms with Gasteiger partial charge in [-0.1, -0.05) is 85.0 Å². The molecule has 180 valence electrons. The molecule has 0 aliphatic carbocycles. The maximum atomic E-state index is 13.1. The summed E-state index contributed by atoms with van der Waals surface area (Å²) in [6.07, 6.45) is 15.4. The fourth-order valence-corrected chi connectivity index (χ4v) is 5.99. The van der Waals surface area contributed by atoms with Gasteiger partial charge in [0.05, 0.1) is 0 Å². The third-order valence-electron chi connectivity index (χ3n) is 5.84. The molecule has 0 aliphatic rings. The van der Waals surface area contributed by atoms with Gasteiger partial charge in [0.25, 0.3) is 0 Å². The molecule has 0 aromatic heterocycles. The Morgan fingerprint density at radius 1 is 0.733 bits per heavy atom. The van der Waals surface area contributed by atoms with Crippen molar-refractivity contribution in [2.45, 2.75) is 110 Å². The Bertz CT molecular complexity index is 384. The summed E-state index contributed by atoms with van der Waals surface area (Å²) in [6, 6.07) is -0.0213. The highest BCUT2D eigenvalue weighted by Crippen LogP contribution is 2.16. The van der Waals surface area contributed by atoms with Gasteiger partial charge in [-0.05, 0) is 19.3 Å². The predicted molar refractivity (Wildman–Crippen MR) is 128 cm³/mol. The lowest BCUT2D eigenvalue weighted by Crippen LogP contribution is -2.62. The first-order chi connectivity index (χ1) is 14.5. The van der Waals surface area contributed by atoms with E-state index in [1.54, 1.807) is 21.3 Å². The minimum atomic E-state index is -2.92. The Balaban J connectivity index is 4.79. The molecule has 2 amide bonds. The van der Waals surface area contributed by atoms with E-state index in [0.29, 0.717) is 6.42 Å². The molecule has 0 saturated carbocycles. The molecule has 7 heteroatoms. The first-order valence-corrected chi connectivity index (χ1v) is 14.1. The lowest BCUT2D eigenvalue weighted by molar-refractivity contribution is 0.105. The number of rotatable bonds is 20. The van der Waals surface area contributed by atoms with Crippen LogP contribution in [0.4, 0.5) is 4.79 Å². The van der Waals surface area contributed by atoms with Gasteiger partial charge in [0.1, 0.15) is 5.67 Å². The second kappa shape index (κ2) is 19.1. The molecule has 6 nitrogen and oxygen atoms in total. The summed E-state index contributed by atoms with van der Waals surface area (Å²) in [7, 11) is 1.87. The van der Waals surface area contributed by atoms with Gasteiger partial charge in [0, 0.05) is 34.4 Å². The summed E-state index contributed by atoms with van der Waals surface area (Å²) >= 11 is 0. The molecule has 0 radical (unpaired) electrons. The number of carbonyl (C=O) groups excluding carboxylic acids is 1. The quantitative estimate of drug-likeness (QED) is 0.186. The van der Waals surface area contributed by atoms with E-state index in [4.69, 9.17) is 13.3 Å². The van der Waals surface area contributed by atoms with Crippen LogP contribution in [-0.2, 0) is 13.3 Å². The molecule has 0 aliphatic heterocycles. The van der Waals surface area contributed by atoms with E-state index in [9.17, 15) is 4.79 Å². The summed E-state index contributed by atoms with van der Waals surface area (Å²) in [6.45, 7) is 8.12. The van der Waals surface area contributed by atoms with Gasteiger partial charge in [-0.2, -0.15) is 0 Å². The number of amides is 2. The number of urea groups is 1. The minimum Gasteiger partial charge on any atom is -0.376 e. The van der Waals surface area contributed by atoms with E-state index in [1.165, 1.54) is 64.2 Å². The van der Waals surface area contributed by atoms with Crippen LogP contribution in [-0.4, -0.2) is 59.8 Å². The van der Waals surface area contributed by atoms with Crippen LogP contribution >= 0.6 is 0 Å². The molecule has 0 heterocycles. The maximum Gasteiger partial charge on any atom is 0.523 e. The lowest BCUT2D eigenvalue weighted by Gasteiger charge is -2.34. The predicted octanol–water partition coefficient (Wildman–Crippen LogP) is 5.91. The summed E-state index contributed by atoms with van der Waals surface area (Å²) in [5.41, 5.74) is -0.249. The van der Waals surface area contributed by atoms with Gasteiger partial charge in [0.2, 0.25) is 0 Å². The molecule has 0 saturated heterocycles. The Morgan fingerprint density at radius 3 is 1.50 bits per heavy atom.